The van der Waals surface area contributed by atoms with E-state index in [1.165, 1.54) is 12.1 Å². The fraction of sp³-hybridized carbons (Fsp3) is 0.333. The van der Waals surface area contributed by atoms with Crippen LogP contribution in [-0.2, 0) is 14.6 Å². The molecule has 7 nitrogen and oxygen atoms in total. The Balaban J connectivity index is 1.60. The van der Waals surface area contributed by atoms with Gasteiger partial charge in [0.05, 0.1) is 16.2 Å². The van der Waals surface area contributed by atoms with Gasteiger partial charge in [0.15, 0.2) is 15.6 Å². The first-order chi connectivity index (χ1) is 15.4. The summed E-state index contributed by atoms with van der Waals surface area (Å²) in [6.07, 6.45) is 4.58. The Morgan fingerprint density at radius 3 is 2.22 bits per heavy atom. The van der Waals surface area contributed by atoms with Gasteiger partial charge in [0, 0.05) is 30.9 Å². The molecule has 170 valence electrons. The van der Waals surface area contributed by atoms with Gasteiger partial charge in [-0.2, -0.15) is 0 Å². The highest BCUT2D eigenvalue weighted by atomic mass is 32.2. The minimum atomic E-state index is -3.32. The van der Waals surface area contributed by atoms with Gasteiger partial charge in [-0.25, -0.2) is 13.2 Å². The second kappa shape index (κ2) is 11.1. The molecule has 3 rings (SSSR count). The molecule has 0 aliphatic carbocycles. The molecule has 0 aliphatic heterocycles. The highest BCUT2D eigenvalue weighted by Gasteiger charge is 2.15. The topological polar surface area (TPSA) is 107 Å². The normalized spacial score (nSPS) is 11.5. The number of hydrogen-bond acceptors (Lipinski definition) is 6. The van der Waals surface area contributed by atoms with Gasteiger partial charge in [-0.05, 0) is 49.2 Å². The van der Waals surface area contributed by atoms with Gasteiger partial charge in [0.1, 0.15) is 5.69 Å². The third-order valence-electron chi connectivity index (χ3n) is 5.20. The van der Waals surface area contributed by atoms with Crippen LogP contribution in [0, 0.1) is 0 Å². The van der Waals surface area contributed by atoms with Gasteiger partial charge in [-0.15, -0.1) is 0 Å². The number of carboxylic acid groups (broad SMARTS) is 1. The lowest BCUT2D eigenvalue weighted by atomic mass is 10.1. The second-order valence-electron chi connectivity index (χ2n) is 7.56. The van der Waals surface area contributed by atoms with Crippen LogP contribution in [0.2, 0.25) is 0 Å². The maximum Gasteiger partial charge on any atom is 0.335 e. The van der Waals surface area contributed by atoms with Crippen molar-refractivity contribution in [2.75, 3.05) is 19.5 Å². The number of carboxylic acids is 1. The van der Waals surface area contributed by atoms with Crippen LogP contribution in [0.5, 0.6) is 0 Å². The predicted octanol–water partition coefficient (Wildman–Crippen LogP) is 5.08. The highest BCUT2D eigenvalue weighted by Crippen LogP contribution is 2.27. The predicted molar refractivity (Wildman–Crippen MR) is 121 cm³/mol. The van der Waals surface area contributed by atoms with E-state index >= 15 is 0 Å². The molecule has 0 aliphatic rings. The van der Waals surface area contributed by atoms with Crippen LogP contribution < -0.4 is 0 Å². The minimum Gasteiger partial charge on any atom is -0.478 e. The first kappa shape index (κ1) is 23.7. The first-order valence-corrected chi connectivity index (χ1v) is 12.2. The fourth-order valence-electron chi connectivity index (χ4n) is 3.34. The molecule has 2 aromatic carbocycles. The molecule has 0 radical (unpaired) electrons. The second-order valence-corrected chi connectivity index (χ2v) is 9.67. The van der Waals surface area contributed by atoms with Gasteiger partial charge in [-0.1, -0.05) is 36.6 Å². The van der Waals surface area contributed by atoms with Crippen molar-refractivity contribution < 1.29 is 27.6 Å². The van der Waals surface area contributed by atoms with Gasteiger partial charge in [-0.3, -0.25) is 0 Å². The molecule has 1 N–H and O–H groups in total. The SMILES string of the molecule is COCCCCCCCS(=O)(=O)c1ccc(-c2cc(-c3ccc(C(=O)O)cc3)no2)cc1. The van der Waals surface area contributed by atoms with Gasteiger partial charge in [0.25, 0.3) is 0 Å². The zero-order chi connectivity index (χ0) is 23.0. The maximum absolute atomic E-state index is 12.6. The van der Waals surface area contributed by atoms with Crippen LogP contribution in [0.25, 0.3) is 22.6 Å². The van der Waals surface area contributed by atoms with E-state index in [-0.39, 0.29) is 11.3 Å². The van der Waals surface area contributed by atoms with E-state index in [9.17, 15) is 13.2 Å². The van der Waals surface area contributed by atoms with E-state index in [0.29, 0.717) is 28.3 Å². The van der Waals surface area contributed by atoms with Crippen LogP contribution in [0.15, 0.2) is 64.0 Å². The number of aromatic nitrogens is 1. The Hall–Kier alpha value is -2.97. The third-order valence-corrected chi connectivity index (χ3v) is 7.01. The summed E-state index contributed by atoms with van der Waals surface area (Å²) in [5, 5.41) is 13.0. The molecule has 0 atom stereocenters. The van der Waals surface area contributed by atoms with Crippen LogP contribution >= 0.6 is 0 Å². The summed E-state index contributed by atoms with van der Waals surface area (Å²) >= 11 is 0. The van der Waals surface area contributed by atoms with Crippen LogP contribution in [0.1, 0.15) is 42.5 Å². The number of rotatable bonds is 12. The van der Waals surface area contributed by atoms with Crippen LogP contribution in [0.3, 0.4) is 0 Å². The molecule has 0 unspecified atom stereocenters. The largest absolute Gasteiger partial charge is 0.478 e. The van der Waals surface area contributed by atoms with Crippen molar-refractivity contribution in [3.63, 3.8) is 0 Å². The molecule has 1 heterocycles. The lowest BCUT2D eigenvalue weighted by Gasteiger charge is -2.05. The van der Waals surface area contributed by atoms with Crippen molar-refractivity contribution in [1.29, 1.82) is 0 Å². The molecule has 32 heavy (non-hydrogen) atoms. The number of aromatic carboxylic acids is 1. The van der Waals surface area contributed by atoms with E-state index in [4.69, 9.17) is 14.4 Å². The third kappa shape index (κ3) is 6.27. The van der Waals surface area contributed by atoms with E-state index in [0.717, 1.165) is 37.9 Å². The van der Waals surface area contributed by atoms with E-state index in [1.807, 2.05) is 0 Å². The lowest BCUT2D eigenvalue weighted by molar-refractivity contribution is 0.0697. The van der Waals surface area contributed by atoms with Crippen molar-refractivity contribution >= 4 is 15.8 Å². The maximum atomic E-state index is 12.6. The summed E-state index contributed by atoms with van der Waals surface area (Å²) in [6.45, 7) is 0.744. The molecule has 0 fully saturated rings. The molecule has 1 aromatic heterocycles. The average molecular weight is 458 g/mol. The molecule has 0 saturated heterocycles. The average Bonchev–Trinajstić information content (AvgIpc) is 3.29. The van der Waals surface area contributed by atoms with E-state index < -0.39 is 15.8 Å². The number of hydrogen-bond donors (Lipinski definition) is 1. The van der Waals surface area contributed by atoms with Crippen molar-refractivity contribution in [2.45, 2.75) is 37.0 Å². The number of unbranched alkanes of at least 4 members (excludes halogenated alkanes) is 4. The Bertz CT molecular complexity index is 1120. The molecule has 0 spiro atoms. The molecule has 8 heteroatoms. The molecule has 0 bridgehead atoms. The summed E-state index contributed by atoms with van der Waals surface area (Å²) in [5.74, 6) is -0.355. The number of sulfone groups is 1. The standard InChI is InChI=1S/C24H27NO6S/c1-30-15-5-3-2-4-6-16-32(28,29)21-13-11-19(12-14-21)23-17-22(25-31-23)18-7-9-20(10-8-18)24(26)27/h7-14,17H,2-6,15-16H2,1H3,(H,26,27). The van der Waals surface area contributed by atoms with Gasteiger partial charge >= 0.3 is 5.97 Å². The highest BCUT2D eigenvalue weighted by molar-refractivity contribution is 7.91. The van der Waals surface area contributed by atoms with Crippen molar-refractivity contribution in [3.05, 3.63) is 60.2 Å². The molecule has 3 aromatic rings. The van der Waals surface area contributed by atoms with Crippen molar-refractivity contribution in [2.24, 2.45) is 0 Å². The van der Waals surface area contributed by atoms with Crippen LogP contribution in [0.4, 0.5) is 0 Å². The Kier molecular flexibility index (Phi) is 8.19. The van der Waals surface area contributed by atoms with Crippen molar-refractivity contribution in [1.82, 2.24) is 5.16 Å². The monoisotopic (exact) mass is 457 g/mol. The minimum absolute atomic E-state index is 0.134. The summed E-state index contributed by atoms with van der Waals surface area (Å²) in [6, 6.07) is 14.7. The molecular weight excluding hydrogens is 430 g/mol. The summed E-state index contributed by atoms with van der Waals surface area (Å²) in [7, 11) is -1.64. The summed E-state index contributed by atoms with van der Waals surface area (Å²) < 4.78 is 35.6. The summed E-state index contributed by atoms with van der Waals surface area (Å²) in [4.78, 5) is 11.3. The zero-order valence-corrected chi connectivity index (χ0v) is 18.8. The van der Waals surface area contributed by atoms with Crippen LogP contribution in [-0.4, -0.2) is 44.1 Å². The van der Waals surface area contributed by atoms with Crippen molar-refractivity contribution in [3.8, 4) is 22.6 Å². The quantitative estimate of drug-likeness (QED) is 0.378. The fourth-order valence-corrected chi connectivity index (χ4v) is 4.71. The van der Waals surface area contributed by atoms with E-state index in [1.54, 1.807) is 49.6 Å². The lowest BCUT2D eigenvalue weighted by Crippen LogP contribution is -2.06. The van der Waals surface area contributed by atoms with Gasteiger partial charge < -0.3 is 14.4 Å². The molecular formula is C24H27NO6S. The smallest absolute Gasteiger partial charge is 0.335 e. The number of carbonyl (C=O) groups is 1. The number of ether oxygens (including phenoxy) is 1. The molecule has 0 amide bonds. The Morgan fingerprint density at radius 1 is 0.938 bits per heavy atom. The number of nitrogens with zero attached hydrogens (tertiary/aromatic N) is 1. The summed E-state index contributed by atoms with van der Waals surface area (Å²) in [5.41, 5.74) is 2.20. The Morgan fingerprint density at radius 2 is 1.56 bits per heavy atom. The Labute approximate surface area is 187 Å². The zero-order valence-electron chi connectivity index (χ0n) is 18.0. The first-order valence-electron chi connectivity index (χ1n) is 10.5. The number of methoxy groups -OCH3 is 1. The van der Waals surface area contributed by atoms with Gasteiger partial charge in [0.2, 0.25) is 0 Å². The molecule has 0 saturated carbocycles. The number of benzene rings is 2. The van der Waals surface area contributed by atoms with E-state index in [2.05, 4.69) is 5.16 Å².